The van der Waals surface area contributed by atoms with Crippen LogP contribution < -0.4 is 15.0 Å². The monoisotopic (exact) mass is 242 g/mol. The van der Waals surface area contributed by atoms with Crippen molar-refractivity contribution in [2.75, 3.05) is 38.2 Å². The SMILES string of the molecule is COc1ccc2cccc(N3CCNCC3)c2c1. The van der Waals surface area contributed by atoms with Gasteiger partial charge >= 0.3 is 0 Å². The molecule has 1 fully saturated rings. The number of rotatable bonds is 2. The number of hydrogen-bond acceptors (Lipinski definition) is 3. The van der Waals surface area contributed by atoms with Crippen molar-refractivity contribution in [3.8, 4) is 5.75 Å². The fraction of sp³-hybridized carbons (Fsp3) is 0.333. The Morgan fingerprint density at radius 2 is 1.94 bits per heavy atom. The smallest absolute Gasteiger partial charge is 0.119 e. The summed E-state index contributed by atoms with van der Waals surface area (Å²) in [6, 6.07) is 12.8. The summed E-state index contributed by atoms with van der Waals surface area (Å²) in [5, 5.41) is 5.94. The molecule has 94 valence electrons. The zero-order valence-corrected chi connectivity index (χ0v) is 10.6. The van der Waals surface area contributed by atoms with Crippen LogP contribution in [-0.4, -0.2) is 33.3 Å². The van der Waals surface area contributed by atoms with Gasteiger partial charge in [-0.25, -0.2) is 0 Å². The molecule has 0 aliphatic carbocycles. The maximum Gasteiger partial charge on any atom is 0.119 e. The van der Waals surface area contributed by atoms with E-state index in [0.717, 1.165) is 31.9 Å². The Balaban J connectivity index is 2.09. The van der Waals surface area contributed by atoms with Gasteiger partial charge in [0.1, 0.15) is 5.75 Å². The van der Waals surface area contributed by atoms with E-state index in [-0.39, 0.29) is 0 Å². The van der Waals surface area contributed by atoms with E-state index in [1.54, 1.807) is 7.11 Å². The van der Waals surface area contributed by atoms with Crippen LogP contribution in [-0.2, 0) is 0 Å². The van der Waals surface area contributed by atoms with E-state index in [1.165, 1.54) is 16.5 Å². The van der Waals surface area contributed by atoms with Crippen molar-refractivity contribution in [2.24, 2.45) is 0 Å². The Labute approximate surface area is 107 Å². The summed E-state index contributed by atoms with van der Waals surface area (Å²) < 4.78 is 5.33. The Morgan fingerprint density at radius 1 is 1.11 bits per heavy atom. The number of fused-ring (bicyclic) bond motifs is 1. The zero-order valence-electron chi connectivity index (χ0n) is 10.6. The second-order valence-electron chi connectivity index (χ2n) is 4.60. The summed E-state index contributed by atoms with van der Waals surface area (Å²) >= 11 is 0. The zero-order chi connectivity index (χ0) is 12.4. The molecule has 18 heavy (non-hydrogen) atoms. The molecule has 0 aromatic heterocycles. The van der Waals surface area contributed by atoms with Crippen LogP contribution in [0.2, 0.25) is 0 Å². The highest BCUT2D eigenvalue weighted by molar-refractivity contribution is 5.95. The summed E-state index contributed by atoms with van der Waals surface area (Å²) in [5.74, 6) is 0.921. The quantitative estimate of drug-likeness (QED) is 0.874. The van der Waals surface area contributed by atoms with Crippen molar-refractivity contribution in [3.63, 3.8) is 0 Å². The third-order valence-electron chi connectivity index (χ3n) is 3.52. The number of nitrogens with zero attached hydrogens (tertiary/aromatic N) is 1. The lowest BCUT2D eigenvalue weighted by Crippen LogP contribution is -2.43. The first-order valence-electron chi connectivity index (χ1n) is 6.41. The molecular formula is C15H18N2O. The molecule has 2 aromatic carbocycles. The summed E-state index contributed by atoms with van der Waals surface area (Å²) in [4.78, 5) is 2.44. The molecule has 0 unspecified atom stereocenters. The van der Waals surface area contributed by atoms with Crippen molar-refractivity contribution in [1.82, 2.24) is 5.32 Å². The fourth-order valence-electron chi connectivity index (χ4n) is 2.54. The largest absolute Gasteiger partial charge is 0.497 e. The maximum absolute atomic E-state index is 5.33. The van der Waals surface area contributed by atoms with Gasteiger partial charge in [-0.3, -0.25) is 0 Å². The lowest BCUT2D eigenvalue weighted by atomic mass is 10.1. The fourth-order valence-corrected chi connectivity index (χ4v) is 2.54. The summed E-state index contributed by atoms with van der Waals surface area (Å²) in [5.41, 5.74) is 1.31. The van der Waals surface area contributed by atoms with Crippen molar-refractivity contribution >= 4 is 16.5 Å². The van der Waals surface area contributed by atoms with Crippen LogP contribution in [0.1, 0.15) is 0 Å². The minimum Gasteiger partial charge on any atom is -0.497 e. The van der Waals surface area contributed by atoms with E-state index >= 15 is 0 Å². The van der Waals surface area contributed by atoms with E-state index in [4.69, 9.17) is 4.74 Å². The van der Waals surface area contributed by atoms with Gasteiger partial charge in [-0.2, -0.15) is 0 Å². The lowest BCUT2D eigenvalue weighted by Gasteiger charge is -2.30. The number of piperazine rings is 1. The Hall–Kier alpha value is -1.74. The van der Waals surface area contributed by atoms with Crippen LogP contribution >= 0.6 is 0 Å². The molecule has 1 aliphatic heterocycles. The molecule has 3 rings (SSSR count). The molecule has 0 amide bonds. The molecule has 0 spiro atoms. The van der Waals surface area contributed by atoms with Crippen LogP contribution in [0.3, 0.4) is 0 Å². The van der Waals surface area contributed by atoms with Gasteiger partial charge in [-0.05, 0) is 23.6 Å². The molecule has 0 atom stereocenters. The number of anilines is 1. The maximum atomic E-state index is 5.33. The summed E-state index contributed by atoms with van der Waals surface area (Å²) in [6.45, 7) is 4.24. The third-order valence-corrected chi connectivity index (χ3v) is 3.52. The predicted molar refractivity (Wildman–Crippen MR) is 75.6 cm³/mol. The van der Waals surface area contributed by atoms with Crippen molar-refractivity contribution in [1.29, 1.82) is 0 Å². The first-order chi connectivity index (χ1) is 8.88. The van der Waals surface area contributed by atoms with Gasteiger partial charge in [0.25, 0.3) is 0 Å². The number of ether oxygens (including phenoxy) is 1. The minimum atomic E-state index is 0.921. The second-order valence-corrected chi connectivity index (χ2v) is 4.60. The Morgan fingerprint density at radius 3 is 2.72 bits per heavy atom. The Bertz CT molecular complexity index is 547. The lowest BCUT2D eigenvalue weighted by molar-refractivity contribution is 0.415. The summed E-state index contributed by atoms with van der Waals surface area (Å²) in [6.07, 6.45) is 0. The molecule has 0 bridgehead atoms. The van der Waals surface area contributed by atoms with Gasteiger partial charge in [0.05, 0.1) is 7.11 Å². The average molecular weight is 242 g/mol. The Kier molecular flexibility index (Phi) is 3.07. The van der Waals surface area contributed by atoms with Gasteiger partial charge in [-0.1, -0.05) is 18.2 Å². The third kappa shape index (κ3) is 2.02. The topological polar surface area (TPSA) is 24.5 Å². The molecule has 3 heteroatoms. The van der Waals surface area contributed by atoms with E-state index in [0.29, 0.717) is 0 Å². The molecule has 1 N–H and O–H groups in total. The van der Waals surface area contributed by atoms with Crippen molar-refractivity contribution < 1.29 is 4.74 Å². The van der Waals surface area contributed by atoms with Crippen LogP contribution in [0.15, 0.2) is 36.4 Å². The van der Waals surface area contributed by atoms with E-state index in [9.17, 15) is 0 Å². The van der Waals surface area contributed by atoms with E-state index < -0.39 is 0 Å². The van der Waals surface area contributed by atoms with Crippen LogP contribution in [0, 0.1) is 0 Å². The standard InChI is InChI=1S/C15H18N2O/c1-18-13-6-5-12-3-2-4-15(14(12)11-13)17-9-7-16-8-10-17/h2-6,11,16H,7-10H2,1H3. The highest BCUT2D eigenvalue weighted by Gasteiger charge is 2.13. The number of methoxy groups -OCH3 is 1. The highest BCUT2D eigenvalue weighted by Crippen LogP contribution is 2.30. The van der Waals surface area contributed by atoms with Crippen LogP contribution in [0.25, 0.3) is 10.8 Å². The molecule has 1 aliphatic rings. The summed E-state index contributed by atoms with van der Waals surface area (Å²) in [7, 11) is 1.72. The van der Waals surface area contributed by atoms with Gasteiger partial charge in [0.15, 0.2) is 0 Å². The number of hydrogen-bond donors (Lipinski definition) is 1. The first-order valence-corrected chi connectivity index (χ1v) is 6.41. The average Bonchev–Trinajstić information content (AvgIpc) is 2.47. The van der Waals surface area contributed by atoms with Gasteiger partial charge in [-0.15, -0.1) is 0 Å². The first kappa shape index (κ1) is 11.4. The van der Waals surface area contributed by atoms with E-state index in [1.807, 2.05) is 6.07 Å². The van der Waals surface area contributed by atoms with Crippen molar-refractivity contribution in [2.45, 2.75) is 0 Å². The molecule has 0 saturated carbocycles. The molecule has 1 saturated heterocycles. The predicted octanol–water partition coefficient (Wildman–Crippen LogP) is 2.26. The molecule has 2 aromatic rings. The van der Waals surface area contributed by atoms with Crippen LogP contribution in [0.4, 0.5) is 5.69 Å². The normalized spacial score (nSPS) is 15.9. The minimum absolute atomic E-state index is 0.921. The highest BCUT2D eigenvalue weighted by atomic mass is 16.5. The van der Waals surface area contributed by atoms with Gasteiger partial charge in [0, 0.05) is 37.3 Å². The number of benzene rings is 2. The van der Waals surface area contributed by atoms with Gasteiger partial charge < -0.3 is 15.0 Å². The molecular weight excluding hydrogens is 224 g/mol. The molecule has 1 heterocycles. The van der Waals surface area contributed by atoms with Crippen molar-refractivity contribution in [3.05, 3.63) is 36.4 Å². The molecule has 3 nitrogen and oxygen atoms in total. The van der Waals surface area contributed by atoms with Crippen LogP contribution in [0.5, 0.6) is 5.75 Å². The molecule has 0 radical (unpaired) electrons. The second kappa shape index (κ2) is 4.86. The van der Waals surface area contributed by atoms with E-state index in [2.05, 4.69) is 40.5 Å². The van der Waals surface area contributed by atoms with Gasteiger partial charge in [0.2, 0.25) is 0 Å². The number of nitrogens with one attached hydrogen (secondary N) is 1.